The van der Waals surface area contributed by atoms with E-state index in [1.807, 2.05) is 58.8 Å². The van der Waals surface area contributed by atoms with Gasteiger partial charge in [-0.1, -0.05) is 42.5 Å². The fourth-order valence-electron chi connectivity index (χ4n) is 3.34. The summed E-state index contributed by atoms with van der Waals surface area (Å²) < 4.78 is 4.98. The summed E-state index contributed by atoms with van der Waals surface area (Å²) in [4.78, 5) is 12.5. The number of carbonyl (C=O) groups is 1. The smallest absolute Gasteiger partial charge is 0.240 e. The molecule has 2 aromatic carbocycles. The van der Waals surface area contributed by atoms with Gasteiger partial charge in [0.2, 0.25) is 5.91 Å². The Bertz CT molecular complexity index is 1100. The molecule has 0 aliphatic carbocycles. The highest BCUT2D eigenvalue weighted by Crippen LogP contribution is 2.30. The highest BCUT2D eigenvalue weighted by molar-refractivity contribution is 9.10. The van der Waals surface area contributed by atoms with E-state index in [9.17, 15) is 4.79 Å². The van der Waals surface area contributed by atoms with E-state index >= 15 is 0 Å². The van der Waals surface area contributed by atoms with E-state index in [-0.39, 0.29) is 5.91 Å². The number of carbonyl (C=O) groups excluding carboxylic acids is 1. The normalized spacial score (nSPS) is 11.1. The number of nitrogens with one attached hydrogen (secondary N) is 1. The molecular formula is C22H21BrN4O. The van der Waals surface area contributed by atoms with E-state index in [2.05, 4.69) is 44.5 Å². The highest BCUT2D eigenvalue weighted by Gasteiger charge is 2.13. The molecule has 0 saturated heterocycles. The molecule has 0 radical (unpaired) electrons. The van der Waals surface area contributed by atoms with Crippen molar-refractivity contribution in [3.8, 4) is 0 Å². The van der Waals surface area contributed by atoms with Gasteiger partial charge in [-0.3, -0.25) is 9.48 Å². The number of para-hydroxylation sites is 1. The third-order valence-electron chi connectivity index (χ3n) is 4.87. The van der Waals surface area contributed by atoms with Crippen molar-refractivity contribution in [1.82, 2.24) is 19.7 Å². The molecule has 4 aromatic rings. The Morgan fingerprint density at radius 3 is 2.57 bits per heavy atom. The van der Waals surface area contributed by atoms with Crippen LogP contribution in [0.5, 0.6) is 0 Å². The van der Waals surface area contributed by atoms with Crippen molar-refractivity contribution in [3.05, 3.63) is 88.3 Å². The summed E-state index contributed by atoms with van der Waals surface area (Å²) in [6.45, 7) is 3.58. The maximum Gasteiger partial charge on any atom is 0.240 e. The molecule has 1 N–H and O–H groups in total. The zero-order chi connectivity index (χ0) is 19.5. The first-order valence-corrected chi connectivity index (χ1v) is 9.96. The van der Waals surface area contributed by atoms with Crippen molar-refractivity contribution in [2.24, 2.45) is 0 Å². The summed E-state index contributed by atoms with van der Waals surface area (Å²) in [6, 6.07) is 18.3. The molecule has 0 spiro atoms. The van der Waals surface area contributed by atoms with Crippen molar-refractivity contribution in [1.29, 1.82) is 0 Å². The zero-order valence-electron chi connectivity index (χ0n) is 15.6. The first-order valence-electron chi connectivity index (χ1n) is 9.17. The molecular weight excluding hydrogens is 416 g/mol. The summed E-state index contributed by atoms with van der Waals surface area (Å²) in [6.07, 6.45) is 3.72. The average Bonchev–Trinajstić information content (AvgIpc) is 3.31. The van der Waals surface area contributed by atoms with E-state index in [1.54, 1.807) is 6.20 Å². The van der Waals surface area contributed by atoms with Crippen LogP contribution in [-0.2, 0) is 24.4 Å². The lowest BCUT2D eigenvalue weighted by molar-refractivity contribution is -0.121. The number of aromatic nitrogens is 3. The predicted octanol–water partition coefficient (Wildman–Crippen LogP) is 4.27. The molecule has 2 aromatic heterocycles. The average molecular weight is 437 g/mol. The number of hydrogen-bond acceptors (Lipinski definition) is 2. The van der Waals surface area contributed by atoms with E-state index in [4.69, 9.17) is 0 Å². The Balaban J connectivity index is 1.38. The van der Waals surface area contributed by atoms with Crippen LogP contribution in [0.25, 0.3) is 10.9 Å². The van der Waals surface area contributed by atoms with E-state index in [1.165, 1.54) is 5.56 Å². The molecule has 0 aliphatic heterocycles. The fourth-order valence-corrected chi connectivity index (χ4v) is 3.89. The Morgan fingerprint density at radius 2 is 1.82 bits per heavy atom. The standard InChI is InChI=1S/C22H21BrN4O/c1-16-22(23)19-5-2-3-6-20(19)27(16)15-21(28)24-13-17-7-9-18(10-8-17)14-26-12-4-11-25-26/h2-12H,13-15H2,1H3,(H,24,28). The van der Waals surface area contributed by atoms with E-state index < -0.39 is 0 Å². The SMILES string of the molecule is Cc1c(Br)c2ccccc2n1CC(=O)NCc1ccc(Cn2cccn2)cc1. The lowest BCUT2D eigenvalue weighted by Crippen LogP contribution is -2.27. The van der Waals surface area contributed by atoms with Gasteiger partial charge in [-0.05, 0) is 46.1 Å². The van der Waals surface area contributed by atoms with Gasteiger partial charge in [0.25, 0.3) is 0 Å². The molecule has 5 nitrogen and oxygen atoms in total. The fraction of sp³-hybridized carbons (Fsp3) is 0.182. The third kappa shape index (κ3) is 3.87. The summed E-state index contributed by atoms with van der Waals surface area (Å²) in [5, 5.41) is 8.36. The van der Waals surface area contributed by atoms with Crippen LogP contribution in [0.2, 0.25) is 0 Å². The van der Waals surface area contributed by atoms with Crippen molar-refractivity contribution >= 4 is 32.7 Å². The summed E-state index contributed by atoms with van der Waals surface area (Å²) in [5.41, 5.74) is 4.37. The maximum atomic E-state index is 12.5. The second-order valence-electron chi connectivity index (χ2n) is 6.80. The first-order chi connectivity index (χ1) is 13.6. The Kier molecular flexibility index (Phi) is 5.30. The van der Waals surface area contributed by atoms with Crippen LogP contribution >= 0.6 is 15.9 Å². The molecule has 142 valence electrons. The van der Waals surface area contributed by atoms with Gasteiger partial charge in [0.05, 0.1) is 6.54 Å². The van der Waals surface area contributed by atoms with Gasteiger partial charge >= 0.3 is 0 Å². The molecule has 0 fully saturated rings. The van der Waals surface area contributed by atoms with Gasteiger partial charge in [0, 0.05) is 40.0 Å². The van der Waals surface area contributed by atoms with Crippen LogP contribution in [0.4, 0.5) is 0 Å². The number of fused-ring (bicyclic) bond motifs is 1. The quantitative estimate of drug-likeness (QED) is 0.490. The van der Waals surface area contributed by atoms with Gasteiger partial charge in [-0.2, -0.15) is 5.10 Å². The molecule has 4 rings (SSSR count). The molecule has 28 heavy (non-hydrogen) atoms. The topological polar surface area (TPSA) is 51.9 Å². The number of hydrogen-bond donors (Lipinski definition) is 1. The van der Waals surface area contributed by atoms with Crippen molar-refractivity contribution in [2.75, 3.05) is 0 Å². The second-order valence-corrected chi connectivity index (χ2v) is 7.59. The summed E-state index contributed by atoms with van der Waals surface area (Å²) in [5.74, 6) is -0.00280. The molecule has 2 heterocycles. The molecule has 0 saturated carbocycles. The van der Waals surface area contributed by atoms with Gasteiger partial charge < -0.3 is 9.88 Å². The van der Waals surface area contributed by atoms with Gasteiger partial charge in [-0.15, -0.1) is 0 Å². The molecule has 1 amide bonds. The number of nitrogens with zero attached hydrogens (tertiary/aromatic N) is 3. The Hall–Kier alpha value is -2.86. The maximum absolute atomic E-state index is 12.5. The van der Waals surface area contributed by atoms with Crippen LogP contribution in [-0.4, -0.2) is 20.3 Å². The molecule has 0 aliphatic rings. The lowest BCUT2D eigenvalue weighted by Gasteiger charge is -2.10. The summed E-state index contributed by atoms with van der Waals surface area (Å²) in [7, 11) is 0. The number of rotatable bonds is 6. The third-order valence-corrected chi connectivity index (χ3v) is 5.87. The number of benzene rings is 2. The first kappa shape index (κ1) is 18.5. The number of amides is 1. The molecule has 0 bridgehead atoms. The van der Waals surface area contributed by atoms with E-state index in [0.29, 0.717) is 13.1 Å². The minimum atomic E-state index is -0.00280. The number of halogens is 1. The predicted molar refractivity (Wildman–Crippen MR) is 114 cm³/mol. The highest BCUT2D eigenvalue weighted by atomic mass is 79.9. The van der Waals surface area contributed by atoms with Gasteiger partial charge in [-0.25, -0.2) is 0 Å². The van der Waals surface area contributed by atoms with Crippen LogP contribution in [0.3, 0.4) is 0 Å². The van der Waals surface area contributed by atoms with Crippen LogP contribution in [0.1, 0.15) is 16.8 Å². The minimum Gasteiger partial charge on any atom is -0.350 e. The summed E-state index contributed by atoms with van der Waals surface area (Å²) >= 11 is 3.64. The van der Waals surface area contributed by atoms with Crippen molar-refractivity contribution in [2.45, 2.75) is 26.6 Å². The van der Waals surface area contributed by atoms with Crippen LogP contribution in [0, 0.1) is 6.92 Å². The van der Waals surface area contributed by atoms with E-state index in [0.717, 1.165) is 33.2 Å². The second kappa shape index (κ2) is 8.02. The van der Waals surface area contributed by atoms with Crippen LogP contribution in [0.15, 0.2) is 71.5 Å². The Morgan fingerprint density at radius 1 is 1.07 bits per heavy atom. The molecule has 0 unspecified atom stereocenters. The lowest BCUT2D eigenvalue weighted by atomic mass is 10.1. The molecule has 0 atom stereocenters. The largest absolute Gasteiger partial charge is 0.350 e. The van der Waals surface area contributed by atoms with Crippen molar-refractivity contribution < 1.29 is 4.79 Å². The monoisotopic (exact) mass is 436 g/mol. The Labute approximate surface area is 172 Å². The molecule has 6 heteroatoms. The van der Waals surface area contributed by atoms with Crippen LogP contribution < -0.4 is 5.32 Å². The minimum absolute atomic E-state index is 0.00280. The van der Waals surface area contributed by atoms with Gasteiger partial charge in [0.1, 0.15) is 6.54 Å². The zero-order valence-corrected chi connectivity index (χ0v) is 17.2. The van der Waals surface area contributed by atoms with Gasteiger partial charge in [0.15, 0.2) is 0 Å². The van der Waals surface area contributed by atoms with Crippen molar-refractivity contribution in [3.63, 3.8) is 0 Å².